The molecule has 0 atom stereocenters. The lowest BCUT2D eigenvalue weighted by molar-refractivity contribution is 0.890. The topological polar surface area (TPSA) is 47.4 Å². The van der Waals surface area contributed by atoms with Gasteiger partial charge < -0.3 is 0 Å². The highest BCUT2D eigenvalue weighted by atomic mass is 15.3. The Hall–Kier alpha value is -1.12. The van der Waals surface area contributed by atoms with Crippen molar-refractivity contribution in [3.63, 3.8) is 0 Å². The first kappa shape index (κ1) is 5.03. The number of aryl methyl sites for hydroxylation is 1. The van der Waals surface area contributed by atoms with Gasteiger partial charge >= 0.3 is 0 Å². The van der Waals surface area contributed by atoms with Gasteiger partial charge in [-0.15, -0.1) is 0 Å². The summed E-state index contributed by atoms with van der Waals surface area (Å²) in [6, 6.07) is 1.97. The normalized spacial score (nSPS) is 8.62. The summed E-state index contributed by atoms with van der Waals surface area (Å²) in [4.78, 5) is 0. The zero-order valence-corrected chi connectivity index (χ0v) is 4.73. The van der Waals surface area contributed by atoms with Crippen LogP contribution in [0.25, 0.3) is 0 Å². The van der Waals surface area contributed by atoms with Gasteiger partial charge in [-0.05, 0) is 18.6 Å². The second-order valence-electron chi connectivity index (χ2n) is 1.64. The molecule has 0 unspecified atom stereocenters. The van der Waals surface area contributed by atoms with Crippen molar-refractivity contribution in [3.8, 4) is 0 Å². The van der Waals surface area contributed by atoms with Crippen LogP contribution < -0.4 is 0 Å². The lowest BCUT2D eigenvalue weighted by Gasteiger charge is -1.74. The predicted octanol–water partition coefficient (Wildman–Crippen LogP) is 1.10. The Morgan fingerprint density at radius 3 is 3.12 bits per heavy atom. The summed E-state index contributed by atoms with van der Waals surface area (Å²) in [7, 11) is 0. The molecule has 1 heterocycles. The molecule has 44 valence electrons. The molecule has 0 saturated heterocycles. The van der Waals surface area contributed by atoms with Crippen LogP contribution in [0.4, 0.5) is 0 Å². The number of rotatable bonds is 0. The molecule has 0 fully saturated rings. The third-order valence-corrected chi connectivity index (χ3v) is 0.874. The summed E-state index contributed by atoms with van der Waals surface area (Å²) in [6.07, 6.45) is 3.70. The van der Waals surface area contributed by atoms with Crippen LogP contribution in [0.2, 0.25) is 0 Å². The van der Waals surface area contributed by atoms with E-state index in [9.17, 15) is 0 Å². The van der Waals surface area contributed by atoms with Gasteiger partial charge in [-0.2, -0.15) is 0 Å². The Kier molecular flexibility index (Phi) is 1.42. The summed E-state index contributed by atoms with van der Waals surface area (Å²) < 4.78 is 0. The highest BCUT2D eigenvalue weighted by molar-refractivity contribution is 4.99. The second kappa shape index (κ2) is 2.26. The van der Waals surface area contributed by atoms with E-state index < -0.39 is 0 Å². The zero-order chi connectivity index (χ0) is 5.82. The quantitative estimate of drug-likeness (QED) is 0.449. The van der Waals surface area contributed by atoms with E-state index in [0.29, 0.717) is 0 Å². The van der Waals surface area contributed by atoms with Crippen LogP contribution in [0.1, 0.15) is 5.56 Å². The smallest absolute Gasteiger partial charge is 0.0222 e. The molecule has 0 aliphatic heterocycles. The first-order valence-electron chi connectivity index (χ1n) is 2.49. The average molecular weight is 111 g/mol. The van der Waals surface area contributed by atoms with E-state index in [0.717, 1.165) is 0 Å². The van der Waals surface area contributed by atoms with Gasteiger partial charge in [0.05, 0.1) is 0 Å². The van der Waals surface area contributed by atoms with Gasteiger partial charge in [0, 0.05) is 12.4 Å². The number of aromatic nitrogens is 3. The second-order valence-corrected chi connectivity index (χ2v) is 1.64. The summed E-state index contributed by atoms with van der Waals surface area (Å²) in [5, 5.41) is 8.31. The molecule has 1 rings (SSSR count). The van der Waals surface area contributed by atoms with Gasteiger partial charge in [0.1, 0.15) is 0 Å². The Balaban J connectivity index is 3.12. The molecule has 3 N–H and O–H groups in total. The maximum atomic E-state index is 2.81. The lowest BCUT2D eigenvalue weighted by Crippen LogP contribution is -1.71. The Labute approximate surface area is 47.4 Å². The third kappa shape index (κ3) is 1.18. The van der Waals surface area contributed by atoms with Crippen LogP contribution >= 0.6 is 0 Å². The lowest BCUT2D eigenvalue weighted by atomic mass is 10.4. The maximum absolute atomic E-state index is 2.81. The standard InChI is InChI=1S/C5H9N3/c1-5-2-3-6-8-7-4-5/h2-4,6-8H,1H3. The highest BCUT2D eigenvalue weighted by Crippen LogP contribution is 1.84. The molecule has 0 aliphatic carbocycles. The van der Waals surface area contributed by atoms with Crippen molar-refractivity contribution < 1.29 is 0 Å². The molecule has 1 aromatic rings. The van der Waals surface area contributed by atoms with Crippen LogP contribution in [0.5, 0.6) is 0 Å². The molecule has 0 bridgehead atoms. The largest absolute Gasteiger partial charge is 0.294 e. The fourth-order valence-electron chi connectivity index (χ4n) is 0.454. The Morgan fingerprint density at radius 2 is 2.25 bits per heavy atom. The van der Waals surface area contributed by atoms with E-state index in [-0.39, 0.29) is 0 Å². The minimum atomic E-state index is 1.18. The summed E-state index contributed by atoms with van der Waals surface area (Å²) in [5.41, 5.74) is 1.18. The number of nitrogens with one attached hydrogen (secondary N) is 3. The van der Waals surface area contributed by atoms with E-state index in [1.165, 1.54) is 5.56 Å². The summed E-state index contributed by atoms with van der Waals surface area (Å²) in [6.45, 7) is 2.01. The monoisotopic (exact) mass is 111 g/mol. The fourth-order valence-corrected chi connectivity index (χ4v) is 0.454. The maximum Gasteiger partial charge on any atom is 0.0222 e. The molecular weight excluding hydrogens is 102 g/mol. The van der Waals surface area contributed by atoms with Gasteiger partial charge in [0.15, 0.2) is 0 Å². The Morgan fingerprint density at radius 1 is 1.38 bits per heavy atom. The van der Waals surface area contributed by atoms with E-state index in [4.69, 9.17) is 0 Å². The molecule has 0 aliphatic rings. The molecule has 0 radical (unpaired) electrons. The molecule has 8 heavy (non-hydrogen) atoms. The molecule has 1 aromatic heterocycles. The first-order chi connectivity index (χ1) is 3.89. The van der Waals surface area contributed by atoms with Crippen LogP contribution in [0.3, 0.4) is 0 Å². The van der Waals surface area contributed by atoms with Crippen LogP contribution in [0.15, 0.2) is 18.5 Å². The van der Waals surface area contributed by atoms with Crippen LogP contribution in [-0.2, 0) is 0 Å². The van der Waals surface area contributed by atoms with Crippen molar-refractivity contribution in [1.82, 2.24) is 15.4 Å². The van der Waals surface area contributed by atoms with E-state index in [2.05, 4.69) is 15.4 Å². The van der Waals surface area contributed by atoms with Crippen LogP contribution in [0, 0.1) is 6.92 Å². The number of hydrogen-bond donors (Lipinski definition) is 3. The van der Waals surface area contributed by atoms with Crippen molar-refractivity contribution in [3.05, 3.63) is 24.0 Å². The molecule has 0 amide bonds. The molecule has 3 nitrogen and oxygen atoms in total. The molecular formula is C5H9N3. The number of hydrogen-bond acceptors (Lipinski definition) is 0. The zero-order valence-electron chi connectivity index (χ0n) is 4.73. The minimum Gasteiger partial charge on any atom is -0.294 e. The Bertz CT molecular complexity index is 161. The van der Waals surface area contributed by atoms with Gasteiger partial charge in [0.2, 0.25) is 0 Å². The van der Waals surface area contributed by atoms with Crippen molar-refractivity contribution in [2.75, 3.05) is 0 Å². The third-order valence-electron chi connectivity index (χ3n) is 0.874. The minimum absolute atomic E-state index is 1.18. The highest BCUT2D eigenvalue weighted by Gasteiger charge is 1.70. The SMILES string of the molecule is Cc1cc[nH][nH][nH]c1. The first-order valence-corrected chi connectivity index (χ1v) is 2.49. The molecule has 0 saturated carbocycles. The van der Waals surface area contributed by atoms with Crippen molar-refractivity contribution in [2.45, 2.75) is 6.92 Å². The molecule has 0 aromatic carbocycles. The van der Waals surface area contributed by atoms with Gasteiger partial charge in [-0.25, -0.2) is 5.21 Å². The fraction of sp³-hybridized carbons (Fsp3) is 0.200. The van der Waals surface area contributed by atoms with E-state index in [1.54, 1.807) is 0 Å². The van der Waals surface area contributed by atoms with Gasteiger partial charge in [-0.1, -0.05) is 0 Å². The van der Waals surface area contributed by atoms with E-state index >= 15 is 0 Å². The number of H-pyrrole nitrogens is 3. The van der Waals surface area contributed by atoms with Crippen molar-refractivity contribution >= 4 is 0 Å². The van der Waals surface area contributed by atoms with Gasteiger partial charge in [-0.3, -0.25) is 10.2 Å². The van der Waals surface area contributed by atoms with Crippen molar-refractivity contribution in [1.29, 1.82) is 0 Å². The number of aromatic amines is 3. The van der Waals surface area contributed by atoms with E-state index in [1.807, 2.05) is 25.4 Å². The molecule has 3 heteroatoms. The predicted molar refractivity (Wildman–Crippen MR) is 31.9 cm³/mol. The average Bonchev–Trinajstić information content (AvgIpc) is 1.94. The summed E-state index contributed by atoms with van der Waals surface area (Å²) >= 11 is 0. The van der Waals surface area contributed by atoms with Gasteiger partial charge in [0.25, 0.3) is 0 Å². The molecule has 0 spiro atoms. The van der Waals surface area contributed by atoms with Crippen LogP contribution in [-0.4, -0.2) is 15.4 Å². The summed E-state index contributed by atoms with van der Waals surface area (Å²) in [5.74, 6) is 0. The van der Waals surface area contributed by atoms with Crippen molar-refractivity contribution in [2.24, 2.45) is 0 Å².